The minimum Gasteiger partial charge on any atom is -0.256 e. The zero-order valence-electron chi connectivity index (χ0n) is 13.0. The van der Waals surface area contributed by atoms with Gasteiger partial charge in [0.1, 0.15) is 6.07 Å². The minimum absolute atomic E-state index is 0.326. The van der Waals surface area contributed by atoms with Crippen LogP contribution < -0.4 is 0 Å². The fourth-order valence-electron chi connectivity index (χ4n) is 2.28. The first-order chi connectivity index (χ1) is 10.7. The first kappa shape index (κ1) is 16.8. The largest absolute Gasteiger partial charge is 0.416 e. The van der Waals surface area contributed by atoms with Crippen molar-refractivity contribution in [1.82, 2.24) is 4.98 Å². The standard InChI is InChI=1S/C18H15F3N2/c1-11-4-7-17(23-10-11)13(3)16(9-22)15-6-5-14(8-12(15)2)18(19,20)21/h4-8,10H,1-3H3/b16-13+. The molecule has 0 aliphatic heterocycles. The maximum Gasteiger partial charge on any atom is 0.416 e. The number of pyridine rings is 1. The number of hydrogen-bond donors (Lipinski definition) is 0. The summed E-state index contributed by atoms with van der Waals surface area (Å²) in [5, 5.41) is 9.46. The zero-order valence-corrected chi connectivity index (χ0v) is 13.0. The van der Waals surface area contributed by atoms with E-state index in [1.165, 1.54) is 6.07 Å². The van der Waals surface area contributed by atoms with Crippen LogP contribution in [0.5, 0.6) is 0 Å². The predicted molar refractivity (Wildman–Crippen MR) is 83.3 cm³/mol. The van der Waals surface area contributed by atoms with Crippen molar-refractivity contribution in [3.05, 3.63) is 64.5 Å². The highest BCUT2D eigenvalue weighted by Crippen LogP contribution is 2.33. The Bertz CT molecular complexity index is 794. The number of nitriles is 1. The molecule has 2 aromatic rings. The van der Waals surface area contributed by atoms with Crippen LogP contribution in [0.3, 0.4) is 0 Å². The second-order valence-corrected chi connectivity index (χ2v) is 5.36. The smallest absolute Gasteiger partial charge is 0.256 e. The number of allylic oxidation sites excluding steroid dienone is 2. The lowest BCUT2D eigenvalue weighted by molar-refractivity contribution is -0.137. The molecule has 118 valence electrons. The average molecular weight is 316 g/mol. The van der Waals surface area contributed by atoms with Gasteiger partial charge in [-0.15, -0.1) is 0 Å². The van der Waals surface area contributed by atoms with Crippen LogP contribution in [0.15, 0.2) is 36.5 Å². The Morgan fingerprint density at radius 1 is 1.13 bits per heavy atom. The van der Waals surface area contributed by atoms with Crippen molar-refractivity contribution >= 4 is 11.1 Å². The molecule has 0 amide bonds. The number of rotatable bonds is 2. The van der Waals surface area contributed by atoms with Gasteiger partial charge in [0, 0.05) is 6.20 Å². The van der Waals surface area contributed by atoms with E-state index in [2.05, 4.69) is 11.1 Å². The molecule has 1 aromatic heterocycles. The van der Waals surface area contributed by atoms with Crippen molar-refractivity contribution < 1.29 is 13.2 Å². The van der Waals surface area contributed by atoms with Gasteiger partial charge in [0.25, 0.3) is 0 Å². The van der Waals surface area contributed by atoms with E-state index in [0.29, 0.717) is 28.0 Å². The molecule has 5 heteroatoms. The minimum atomic E-state index is -4.40. The van der Waals surface area contributed by atoms with Crippen LogP contribution >= 0.6 is 0 Å². The number of alkyl halides is 3. The molecule has 0 unspecified atom stereocenters. The highest BCUT2D eigenvalue weighted by atomic mass is 19.4. The molecule has 0 radical (unpaired) electrons. The maximum absolute atomic E-state index is 12.8. The van der Waals surface area contributed by atoms with Gasteiger partial charge in [-0.3, -0.25) is 4.98 Å². The van der Waals surface area contributed by atoms with Crippen molar-refractivity contribution in [2.45, 2.75) is 26.9 Å². The van der Waals surface area contributed by atoms with Gasteiger partial charge >= 0.3 is 6.18 Å². The molecule has 0 aliphatic rings. The Kier molecular flexibility index (Phi) is 4.55. The van der Waals surface area contributed by atoms with E-state index in [4.69, 9.17) is 0 Å². The summed E-state index contributed by atoms with van der Waals surface area (Å²) >= 11 is 0. The van der Waals surface area contributed by atoms with E-state index in [0.717, 1.165) is 17.7 Å². The van der Waals surface area contributed by atoms with Gasteiger partial charge in [0.05, 0.1) is 16.8 Å². The summed E-state index contributed by atoms with van der Waals surface area (Å²) < 4.78 is 38.3. The molecule has 1 heterocycles. The summed E-state index contributed by atoms with van der Waals surface area (Å²) in [6, 6.07) is 9.15. The first-order valence-corrected chi connectivity index (χ1v) is 6.96. The van der Waals surface area contributed by atoms with Gasteiger partial charge < -0.3 is 0 Å². The number of benzene rings is 1. The number of nitrogens with zero attached hydrogens (tertiary/aromatic N) is 2. The molecule has 1 aromatic carbocycles. The fourth-order valence-corrected chi connectivity index (χ4v) is 2.28. The van der Waals surface area contributed by atoms with Gasteiger partial charge in [0.15, 0.2) is 0 Å². The normalized spacial score (nSPS) is 12.6. The van der Waals surface area contributed by atoms with E-state index in [-0.39, 0.29) is 0 Å². The van der Waals surface area contributed by atoms with Crippen molar-refractivity contribution in [3.8, 4) is 6.07 Å². The van der Waals surface area contributed by atoms with Crippen LogP contribution in [-0.4, -0.2) is 4.98 Å². The molecular weight excluding hydrogens is 301 g/mol. The lowest BCUT2D eigenvalue weighted by Gasteiger charge is -2.12. The molecule has 0 saturated heterocycles. The van der Waals surface area contributed by atoms with Crippen LogP contribution in [0.1, 0.15) is 34.9 Å². The molecule has 2 rings (SSSR count). The molecule has 0 atom stereocenters. The summed E-state index contributed by atoms with van der Waals surface area (Å²) in [5.41, 5.74) is 2.76. The quantitative estimate of drug-likeness (QED) is 0.717. The number of aromatic nitrogens is 1. The van der Waals surface area contributed by atoms with Gasteiger partial charge in [-0.05, 0) is 61.2 Å². The van der Waals surface area contributed by atoms with Gasteiger partial charge in [-0.25, -0.2) is 0 Å². The average Bonchev–Trinajstić information content (AvgIpc) is 2.49. The Balaban J connectivity index is 2.55. The molecule has 0 bridgehead atoms. The second kappa shape index (κ2) is 6.25. The summed E-state index contributed by atoms with van der Waals surface area (Å²) in [4.78, 5) is 4.27. The fraction of sp³-hybridized carbons (Fsp3) is 0.222. The summed E-state index contributed by atoms with van der Waals surface area (Å²) in [6.45, 7) is 5.21. The monoisotopic (exact) mass is 316 g/mol. The summed E-state index contributed by atoms with van der Waals surface area (Å²) in [6.07, 6.45) is -2.71. The van der Waals surface area contributed by atoms with E-state index in [1.807, 2.05) is 13.0 Å². The van der Waals surface area contributed by atoms with Crippen LogP contribution in [0, 0.1) is 25.2 Å². The molecule has 0 fully saturated rings. The van der Waals surface area contributed by atoms with E-state index < -0.39 is 11.7 Å². The van der Waals surface area contributed by atoms with Crippen LogP contribution in [0.25, 0.3) is 11.1 Å². The Morgan fingerprint density at radius 2 is 1.83 bits per heavy atom. The maximum atomic E-state index is 12.8. The third-order valence-corrected chi connectivity index (χ3v) is 3.61. The van der Waals surface area contributed by atoms with Gasteiger partial charge in [-0.2, -0.15) is 18.4 Å². The number of aryl methyl sites for hydroxylation is 2. The van der Waals surface area contributed by atoms with Crippen molar-refractivity contribution in [3.63, 3.8) is 0 Å². The molecule has 23 heavy (non-hydrogen) atoms. The molecule has 2 nitrogen and oxygen atoms in total. The van der Waals surface area contributed by atoms with Crippen LogP contribution in [0.2, 0.25) is 0 Å². The van der Waals surface area contributed by atoms with Crippen molar-refractivity contribution in [1.29, 1.82) is 5.26 Å². The first-order valence-electron chi connectivity index (χ1n) is 6.96. The summed E-state index contributed by atoms with van der Waals surface area (Å²) in [7, 11) is 0. The van der Waals surface area contributed by atoms with Gasteiger partial charge in [-0.1, -0.05) is 12.1 Å². The van der Waals surface area contributed by atoms with E-state index in [9.17, 15) is 18.4 Å². The molecular formula is C18H15F3N2. The molecule has 0 saturated carbocycles. The SMILES string of the molecule is C/C(=C(/C#N)c1ccc(C(F)(F)F)cc1C)c1ccc(C)cn1. The molecule has 0 spiro atoms. The van der Waals surface area contributed by atoms with E-state index in [1.54, 1.807) is 26.1 Å². The zero-order chi connectivity index (χ0) is 17.2. The number of hydrogen-bond acceptors (Lipinski definition) is 2. The highest BCUT2D eigenvalue weighted by molar-refractivity contribution is 5.96. The second-order valence-electron chi connectivity index (χ2n) is 5.36. The lowest BCUT2D eigenvalue weighted by atomic mass is 9.94. The molecule has 0 N–H and O–H groups in total. The topological polar surface area (TPSA) is 36.7 Å². The van der Waals surface area contributed by atoms with Crippen LogP contribution in [-0.2, 0) is 6.18 Å². The van der Waals surface area contributed by atoms with Crippen molar-refractivity contribution in [2.75, 3.05) is 0 Å². The Labute approximate surface area is 132 Å². The third-order valence-electron chi connectivity index (χ3n) is 3.61. The van der Waals surface area contributed by atoms with Crippen molar-refractivity contribution in [2.24, 2.45) is 0 Å². The Morgan fingerprint density at radius 3 is 2.30 bits per heavy atom. The lowest BCUT2D eigenvalue weighted by Crippen LogP contribution is -2.06. The molecule has 0 aliphatic carbocycles. The summed E-state index contributed by atoms with van der Waals surface area (Å²) in [5.74, 6) is 0. The van der Waals surface area contributed by atoms with Crippen LogP contribution in [0.4, 0.5) is 13.2 Å². The number of halogens is 3. The predicted octanol–water partition coefficient (Wildman–Crippen LogP) is 5.17. The van der Waals surface area contributed by atoms with E-state index >= 15 is 0 Å². The van der Waals surface area contributed by atoms with Gasteiger partial charge in [0.2, 0.25) is 0 Å². The Hall–Kier alpha value is -2.61. The third kappa shape index (κ3) is 3.59. The highest BCUT2D eigenvalue weighted by Gasteiger charge is 2.30.